The maximum absolute atomic E-state index is 13.0. The second-order valence-corrected chi connectivity index (χ2v) is 3.28. The lowest BCUT2D eigenvalue weighted by atomic mass is 10.1. The maximum Gasteiger partial charge on any atom is 0.148 e. The Morgan fingerprint density at radius 3 is 2.85 bits per heavy atom. The number of nitrogen functional groups attached to an aromatic ring is 1. The van der Waals surface area contributed by atoms with Gasteiger partial charge in [0, 0.05) is 16.3 Å². The van der Waals surface area contributed by atoms with Crippen molar-refractivity contribution >= 4 is 36.0 Å². The van der Waals surface area contributed by atoms with Gasteiger partial charge < -0.3 is 5.73 Å². The normalized spacial score (nSPS) is 11.0. The fraction of sp³-hybridized carbons (Fsp3) is 0.111. The first kappa shape index (κ1) is 10.4. The summed E-state index contributed by atoms with van der Waals surface area (Å²) in [6.45, 7) is 0. The summed E-state index contributed by atoms with van der Waals surface area (Å²) < 4.78 is 13.0. The smallest absolute Gasteiger partial charge is 0.148 e. The minimum Gasteiger partial charge on any atom is -0.396 e. The number of thiol groups is 1. The van der Waals surface area contributed by atoms with Crippen LogP contribution in [0.5, 0.6) is 0 Å². The highest BCUT2D eigenvalue weighted by Gasteiger charge is 2.03. The van der Waals surface area contributed by atoms with Crippen molar-refractivity contribution < 1.29 is 4.39 Å². The molecule has 0 bridgehead atoms. The van der Waals surface area contributed by atoms with Crippen molar-refractivity contribution in [3.63, 3.8) is 0 Å². The Bertz CT molecular complexity index is 339. The van der Waals surface area contributed by atoms with Gasteiger partial charge in [-0.15, -0.1) is 0 Å². The molecule has 0 atom stereocenters. The van der Waals surface area contributed by atoms with Crippen LogP contribution in [0.4, 0.5) is 10.1 Å². The van der Waals surface area contributed by atoms with Gasteiger partial charge >= 0.3 is 0 Å². The first-order valence-electron chi connectivity index (χ1n) is 3.67. The van der Waals surface area contributed by atoms with E-state index in [1.807, 2.05) is 0 Å². The fourth-order valence-corrected chi connectivity index (χ4v) is 1.24. The Labute approximate surface area is 86.8 Å². The van der Waals surface area contributed by atoms with Crippen molar-refractivity contribution in [2.45, 2.75) is 0 Å². The summed E-state index contributed by atoms with van der Waals surface area (Å²) in [4.78, 5) is 0. The van der Waals surface area contributed by atoms with Gasteiger partial charge in [0.2, 0.25) is 0 Å². The summed E-state index contributed by atoms with van der Waals surface area (Å²) in [7, 11) is 0. The van der Waals surface area contributed by atoms with Crippen molar-refractivity contribution in [1.82, 2.24) is 0 Å². The van der Waals surface area contributed by atoms with Crippen LogP contribution in [0.1, 0.15) is 5.56 Å². The Balaban J connectivity index is 3.12. The quantitative estimate of drug-likeness (QED) is 0.578. The molecule has 0 unspecified atom stereocenters. The zero-order valence-electron chi connectivity index (χ0n) is 6.80. The highest BCUT2D eigenvalue weighted by Crippen LogP contribution is 2.23. The van der Waals surface area contributed by atoms with Crippen LogP contribution in [-0.2, 0) is 0 Å². The van der Waals surface area contributed by atoms with Gasteiger partial charge in [-0.3, -0.25) is 0 Å². The molecule has 0 heterocycles. The number of nitrogens with two attached hydrogens (primary N) is 1. The topological polar surface area (TPSA) is 26.0 Å². The number of hydrogen-bond acceptors (Lipinski definition) is 2. The van der Waals surface area contributed by atoms with Crippen LogP contribution in [0.3, 0.4) is 0 Å². The van der Waals surface area contributed by atoms with Crippen LogP contribution in [0, 0.1) is 5.82 Å². The molecule has 0 spiro atoms. The predicted octanol–water partition coefficient (Wildman–Crippen LogP) is 3.00. The minimum atomic E-state index is -0.494. The lowest BCUT2D eigenvalue weighted by molar-refractivity contribution is 0.632. The van der Waals surface area contributed by atoms with Crippen LogP contribution in [0.25, 0.3) is 6.08 Å². The molecule has 1 aromatic rings. The van der Waals surface area contributed by atoms with E-state index in [9.17, 15) is 4.39 Å². The molecule has 0 amide bonds. The molecule has 0 saturated carbocycles. The van der Waals surface area contributed by atoms with E-state index in [1.54, 1.807) is 18.2 Å². The zero-order chi connectivity index (χ0) is 9.84. The lowest BCUT2D eigenvalue weighted by Crippen LogP contribution is -1.94. The third kappa shape index (κ3) is 2.64. The highest BCUT2D eigenvalue weighted by molar-refractivity contribution is 7.80. The Morgan fingerprint density at radius 2 is 2.23 bits per heavy atom. The minimum absolute atomic E-state index is 0.113. The zero-order valence-corrected chi connectivity index (χ0v) is 8.45. The molecule has 1 nitrogen and oxygen atoms in total. The van der Waals surface area contributed by atoms with Gasteiger partial charge in [-0.1, -0.05) is 23.8 Å². The van der Waals surface area contributed by atoms with Gasteiger partial charge in [-0.2, -0.15) is 12.6 Å². The lowest BCUT2D eigenvalue weighted by Gasteiger charge is -2.02. The molecule has 0 aliphatic heterocycles. The van der Waals surface area contributed by atoms with Gasteiger partial charge in [-0.25, -0.2) is 4.39 Å². The second-order valence-electron chi connectivity index (χ2n) is 2.48. The summed E-state index contributed by atoms with van der Waals surface area (Å²) in [5.74, 6) is 0.0828. The SMILES string of the molecule is Nc1c(F)cc(Cl)cc1C=CCS. The Hall–Kier alpha value is -0.670. The van der Waals surface area contributed by atoms with E-state index in [0.29, 0.717) is 16.3 Å². The molecular weight excluding hydrogens is 209 g/mol. The molecule has 0 radical (unpaired) electrons. The molecule has 0 aliphatic rings. The number of rotatable bonds is 2. The average molecular weight is 218 g/mol. The summed E-state index contributed by atoms with van der Waals surface area (Å²) in [6, 6.07) is 2.80. The molecule has 0 aliphatic carbocycles. The second kappa shape index (κ2) is 4.53. The molecule has 1 aromatic carbocycles. The summed E-state index contributed by atoms with van der Waals surface area (Å²) in [6.07, 6.45) is 3.46. The third-order valence-electron chi connectivity index (χ3n) is 1.53. The number of benzene rings is 1. The standard InChI is InChI=1S/C9H9ClFNS/c10-7-4-6(2-1-3-13)9(12)8(11)5-7/h1-2,4-5,13H,3,12H2. The predicted molar refractivity (Wildman–Crippen MR) is 58.7 cm³/mol. The first-order valence-corrected chi connectivity index (χ1v) is 4.68. The van der Waals surface area contributed by atoms with E-state index in [1.165, 1.54) is 6.07 Å². The Kier molecular flexibility index (Phi) is 3.63. The van der Waals surface area contributed by atoms with E-state index in [4.69, 9.17) is 17.3 Å². The van der Waals surface area contributed by atoms with E-state index < -0.39 is 5.82 Å². The van der Waals surface area contributed by atoms with Crippen LogP contribution >= 0.6 is 24.2 Å². The molecule has 0 saturated heterocycles. The van der Waals surface area contributed by atoms with Crippen LogP contribution in [0.2, 0.25) is 5.02 Å². The highest BCUT2D eigenvalue weighted by atomic mass is 35.5. The van der Waals surface area contributed by atoms with Crippen LogP contribution in [-0.4, -0.2) is 5.75 Å². The van der Waals surface area contributed by atoms with Crippen molar-refractivity contribution in [2.75, 3.05) is 11.5 Å². The molecule has 1 rings (SSSR count). The van der Waals surface area contributed by atoms with Crippen LogP contribution in [0.15, 0.2) is 18.2 Å². The summed E-state index contributed by atoms with van der Waals surface area (Å²) in [5, 5.41) is 0.338. The molecule has 70 valence electrons. The molecule has 0 aromatic heterocycles. The molecule has 13 heavy (non-hydrogen) atoms. The van der Waals surface area contributed by atoms with Gasteiger partial charge in [-0.05, 0) is 12.1 Å². The van der Waals surface area contributed by atoms with Gasteiger partial charge in [0.15, 0.2) is 0 Å². The van der Waals surface area contributed by atoms with Crippen molar-refractivity contribution in [1.29, 1.82) is 0 Å². The van der Waals surface area contributed by atoms with Crippen molar-refractivity contribution in [2.24, 2.45) is 0 Å². The van der Waals surface area contributed by atoms with E-state index in [0.717, 1.165) is 0 Å². The van der Waals surface area contributed by atoms with Gasteiger partial charge in [0.25, 0.3) is 0 Å². The number of halogens is 2. The Morgan fingerprint density at radius 1 is 1.54 bits per heavy atom. The summed E-state index contributed by atoms with van der Waals surface area (Å²) in [5.41, 5.74) is 6.18. The largest absolute Gasteiger partial charge is 0.396 e. The maximum atomic E-state index is 13.0. The first-order chi connectivity index (χ1) is 6.15. The van der Waals surface area contributed by atoms with Crippen LogP contribution < -0.4 is 5.73 Å². The van der Waals surface area contributed by atoms with Gasteiger partial charge in [0.1, 0.15) is 5.82 Å². The average Bonchev–Trinajstić information content (AvgIpc) is 2.09. The van der Waals surface area contributed by atoms with E-state index in [-0.39, 0.29) is 5.69 Å². The van der Waals surface area contributed by atoms with E-state index in [2.05, 4.69) is 12.6 Å². The monoisotopic (exact) mass is 217 g/mol. The van der Waals surface area contributed by atoms with Gasteiger partial charge in [0.05, 0.1) is 5.69 Å². The fourth-order valence-electron chi connectivity index (χ4n) is 0.922. The molecule has 4 heteroatoms. The van der Waals surface area contributed by atoms with Crippen molar-refractivity contribution in [3.8, 4) is 0 Å². The third-order valence-corrected chi connectivity index (χ3v) is 1.96. The molecule has 0 fully saturated rings. The summed E-state index contributed by atoms with van der Waals surface area (Å²) >= 11 is 9.64. The number of hydrogen-bond donors (Lipinski definition) is 2. The molecular formula is C9H9ClFNS. The van der Waals surface area contributed by atoms with E-state index >= 15 is 0 Å². The molecule has 2 N–H and O–H groups in total. The number of anilines is 1. The van der Waals surface area contributed by atoms with Crippen molar-refractivity contribution in [3.05, 3.63) is 34.6 Å².